The van der Waals surface area contributed by atoms with Crippen molar-refractivity contribution >= 4 is 11.3 Å². The fraction of sp³-hybridized carbons (Fsp3) is 0.273. The Labute approximate surface area is 117 Å². The van der Waals surface area contributed by atoms with E-state index in [-0.39, 0.29) is 0 Å². The van der Waals surface area contributed by atoms with Gasteiger partial charge in [0, 0.05) is 5.38 Å². The van der Waals surface area contributed by atoms with Gasteiger partial charge in [-0.2, -0.15) is 4.57 Å². The van der Waals surface area contributed by atoms with E-state index in [1.807, 2.05) is 11.6 Å². The van der Waals surface area contributed by atoms with Gasteiger partial charge in [0.1, 0.15) is 11.4 Å². The molecule has 2 rings (SSSR count). The molecule has 0 saturated heterocycles. The molecule has 0 saturated carbocycles. The van der Waals surface area contributed by atoms with Crippen molar-refractivity contribution in [3.05, 3.63) is 40.7 Å². The number of hydrogen-bond acceptors (Lipinski definition) is 6. The maximum Gasteiger partial charge on any atom is 0.387 e. The van der Waals surface area contributed by atoms with Crippen LogP contribution in [-0.2, 0) is 0 Å². The highest BCUT2D eigenvalue weighted by molar-refractivity contribution is 7.11. The first-order chi connectivity index (χ1) is 8.68. The first-order valence-corrected chi connectivity index (χ1v) is 7.31. The van der Waals surface area contributed by atoms with E-state index in [0.29, 0.717) is 0 Å². The van der Waals surface area contributed by atoms with Crippen LogP contribution in [0.5, 0.6) is 0 Å². The van der Waals surface area contributed by atoms with Crippen LogP contribution in [0.1, 0.15) is 17.0 Å². The van der Waals surface area contributed by atoms with Gasteiger partial charge in [0.25, 0.3) is 0 Å². The minimum Gasteiger partial charge on any atom is -0.222 e. The molecule has 0 radical (unpaired) electrons. The Balaban J connectivity index is 0.000000312. The minimum atomic E-state index is -4.94. The third-order valence-electron chi connectivity index (χ3n) is 2.19. The number of aryl methyl sites for hydroxylation is 3. The fourth-order valence-corrected chi connectivity index (χ4v) is 2.49. The molecule has 0 N–H and O–H groups in total. The van der Waals surface area contributed by atoms with Crippen LogP contribution in [0.3, 0.4) is 0 Å². The molecule has 2 heterocycles. The normalized spacial score (nSPS) is 10.9. The van der Waals surface area contributed by atoms with Gasteiger partial charge < -0.3 is 0 Å². The standard InChI is InChI=1S/C11H13N2S.ClHO4/c1-8-6-9(2)13(10(3)7-8)11-12-4-5-14-11;2-1(3,4)5/h4-7H,1-3H3;(H,2,3,4,5)/q+1;/p-1. The average Bonchev–Trinajstić information content (AvgIpc) is 2.66. The molecule has 0 atom stereocenters. The Kier molecular flexibility index (Phi) is 5.36. The summed E-state index contributed by atoms with van der Waals surface area (Å²) in [4.78, 5) is 4.32. The molecule has 2 aromatic heterocycles. The Morgan fingerprint density at radius 3 is 1.89 bits per heavy atom. The predicted octanol–water partition coefficient (Wildman–Crippen LogP) is -2.41. The second kappa shape index (κ2) is 6.38. The zero-order valence-corrected chi connectivity index (χ0v) is 12.2. The highest BCUT2D eigenvalue weighted by Crippen LogP contribution is 2.09. The summed E-state index contributed by atoms with van der Waals surface area (Å²) in [5.74, 6) is 0. The summed E-state index contributed by atoms with van der Waals surface area (Å²) >= 11 is 1.66. The van der Waals surface area contributed by atoms with Crippen molar-refractivity contribution in [2.24, 2.45) is 0 Å². The number of rotatable bonds is 1. The van der Waals surface area contributed by atoms with Crippen molar-refractivity contribution in [2.75, 3.05) is 0 Å². The van der Waals surface area contributed by atoms with Gasteiger partial charge in [-0.05, 0) is 43.5 Å². The summed E-state index contributed by atoms with van der Waals surface area (Å²) < 4.78 is 36.2. The summed E-state index contributed by atoms with van der Waals surface area (Å²) in [6, 6.07) is 4.35. The molecule has 19 heavy (non-hydrogen) atoms. The van der Waals surface area contributed by atoms with E-state index in [1.165, 1.54) is 17.0 Å². The van der Waals surface area contributed by atoms with Gasteiger partial charge in [0.2, 0.25) is 0 Å². The Bertz CT molecular complexity index is 511. The largest absolute Gasteiger partial charge is 0.387 e. The number of pyridine rings is 1. The zero-order chi connectivity index (χ0) is 14.6. The van der Waals surface area contributed by atoms with Crippen LogP contribution in [0.4, 0.5) is 0 Å². The van der Waals surface area contributed by atoms with Gasteiger partial charge in [-0.3, -0.25) is 0 Å². The molecule has 0 aliphatic rings. The van der Waals surface area contributed by atoms with Gasteiger partial charge >= 0.3 is 5.13 Å². The summed E-state index contributed by atoms with van der Waals surface area (Å²) in [6.45, 7) is 6.34. The zero-order valence-electron chi connectivity index (χ0n) is 10.6. The maximum absolute atomic E-state index is 8.49. The minimum absolute atomic E-state index is 1.04. The fourth-order valence-electron chi connectivity index (χ4n) is 1.74. The van der Waals surface area contributed by atoms with E-state index in [0.717, 1.165) is 5.13 Å². The van der Waals surface area contributed by atoms with Crippen molar-refractivity contribution < 1.29 is 33.4 Å². The lowest BCUT2D eigenvalue weighted by Crippen LogP contribution is -2.68. The third-order valence-corrected chi connectivity index (χ3v) is 2.95. The van der Waals surface area contributed by atoms with Crippen molar-refractivity contribution in [3.63, 3.8) is 0 Å². The maximum atomic E-state index is 8.49. The van der Waals surface area contributed by atoms with E-state index in [4.69, 9.17) is 18.6 Å². The predicted molar refractivity (Wildman–Crippen MR) is 57.9 cm³/mol. The van der Waals surface area contributed by atoms with E-state index >= 15 is 0 Å². The summed E-state index contributed by atoms with van der Waals surface area (Å²) in [7, 11) is -4.94. The SMILES string of the molecule is Cc1cc(C)[n+](-c2nccs2)c(C)c1.[O-][Cl+3]([O-])([O-])[O-]. The van der Waals surface area contributed by atoms with Crippen LogP contribution in [0.25, 0.3) is 5.13 Å². The van der Waals surface area contributed by atoms with Crippen LogP contribution in [-0.4, -0.2) is 4.98 Å². The lowest BCUT2D eigenvalue weighted by molar-refractivity contribution is -2.00. The lowest BCUT2D eigenvalue weighted by atomic mass is 10.2. The van der Waals surface area contributed by atoms with E-state index in [1.54, 1.807) is 11.3 Å². The van der Waals surface area contributed by atoms with E-state index in [2.05, 4.69) is 42.5 Å². The molecule has 2 aromatic rings. The van der Waals surface area contributed by atoms with Crippen molar-refractivity contribution in [1.82, 2.24) is 4.98 Å². The molecular formula is C11H13ClN2O4S. The second-order valence-corrected chi connectivity index (χ2v) is 5.47. The molecule has 0 unspecified atom stereocenters. The van der Waals surface area contributed by atoms with Crippen LogP contribution in [0.2, 0.25) is 0 Å². The Morgan fingerprint density at radius 1 is 1.05 bits per heavy atom. The van der Waals surface area contributed by atoms with Crippen LogP contribution < -0.4 is 23.2 Å². The highest BCUT2D eigenvalue weighted by atomic mass is 35.7. The number of hydrogen-bond donors (Lipinski definition) is 0. The Hall–Kier alpha value is -1.09. The average molecular weight is 305 g/mol. The van der Waals surface area contributed by atoms with Crippen molar-refractivity contribution in [2.45, 2.75) is 20.8 Å². The third kappa shape index (κ3) is 5.60. The summed E-state index contributed by atoms with van der Waals surface area (Å²) in [6.07, 6.45) is 1.84. The molecule has 104 valence electrons. The second-order valence-electron chi connectivity index (χ2n) is 3.84. The molecular weight excluding hydrogens is 292 g/mol. The van der Waals surface area contributed by atoms with E-state index in [9.17, 15) is 0 Å². The number of aromatic nitrogens is 2. The lowest BCUT2D eigenvalue weighted by Gasteiger charge is -2.17. The smallest absolute Gasteiger partial charge is 0.222 e. The molecule has 0 aliphatic carbocycles. The number of thiazole rings is 1. The molecule has 0 aliphatic heterocycles. The molecule has 8 heteroatoms. The molecule has 0 fully saturated rings. The van der Waals surface area contributed by atoms with Gasteiger partial charge in [-0.15, -0.1) is 10.2 Å². The van der Waals surface area contributed by atoms with Gasteiger partial charge in [0.05, 0.1) is 0 Å². The number of nitrogens with zero attached hydrogens (tertiary/aromatic N) is 2. The van der Waals surface area contributed by atoms with Gasteiger partial charge in [-0.1, -0.05) is 11.3 Å². The first-order valence-electron chi connectivity index (χ1n) is 5.20. The van der Waals surface area contributed by atoms with Crippen molar-refractivity contribution in [3.8, 4) is 5.13 Å². The molecule has 6 nitrogen and oxygen atoms in total. The van der Waals surface area contributed by atoms with Crippen LogP contribution >= 0.6 is 11.3 Å². The summed E-state index contributed by atoms with van der Waals surface area (Å²) in [5.41, 5.74) is 3.77. The van der Waals surface area contributed by atoms with Crippen molar-refractivity contribution in [1.29, 1.82) is 0 Å². The Morgan fingerprint density at radius 2 is 1.53 bits per heavy atom. The molecule has 0 amide bonds. The van der Waals surface area contributed by atoms with Gasteiger partial charge in [-0.25, -0.2) is 18.6 Å². The summed E-state index contributed by atoms with van der Waals surface area (Å²) in [5, 5.41) is 3.04. The monoisotopic (exact) mass is 304 g/mol. The number of halogens is 1. The molecule has 0 aromatic carbocycles. The molecule has 0 bridgehead atoms. The van der Waals surface area contributed by atoms with Gasteiger partial charge in [0.15, 0.2) is 6.20 Å². The van der Waals surface area contributed by atoms with Crippen LogP contribution in [0, 0.1) is 31.0 Å². The quantitative estimate of drug-likeness (QED) is 0.545. The first kappa shape index (κ1) is 16.0. The van der Waals surface area contributed by atoms with Crippen LogP contribution in [0.15, 0.2) is 23.7 Å². The topological polar surface area (TPSA) is 109 Å². The molecule has 0 spiro atoms. The highest BCUT2D eigenvalue weighted by Gasteiger charge is 2.14. The van der Waals surface area contributed by atoms with E-state index < -0.39 is 10.2 Å².